The van der Waals surface area contributed by atoms with Gasteiger partial charge in [0.05, 0.1) is 0 Å². The van der Waals surface area contributed by atoms with Gasteiger partial charge in [-0.2, -0.15) is 0 Å². The summed E-state index contributed by atoms with van der Waals surface area (Å²) in [6, 6.07) is -0.0618. The van der Waals surface area contributed by atoms with Crippen LogP contribution in [0, 0.1) is 0 Å². The fourth-order valence-electron chi connectivity index (χ4n) is 7.61. The van der Waals surface area contributed by atoms with Gasteiger partial charge in [0.15, 0.2) is 0 Å². The first kappa shape index (κ1) is 39.3. The molecule has 4 heterocycles. The Labute approximate surface area is 309 Å². The second-order valence-electron chi connectivity index (χ2n) is 14.3. The zero-order chi connectivity index (χ0) is 38.1. The summed E-state index contributed by atoms with van der Waals surface area (Å²) in [5.41, 5.74) is 0.543. The number of hydrogen-bond donors (Lipinski definition) is 4. The van der Waals surface area contributed by atoms with Crippen LogP contribution >= 0.6 is 0 Å². The van der Waals surface area contributed by atoms with Crippen LogP contribution in [0.2, 0.25) is 0 Å². The van der Waals surface area contributed by atoms with Gasteiger partial charge in [-0.25, -0.2) is 4.79 Å². The highest BCUT2D eigenvalue weighted by Gasteiger charge is 2.45. The van der Waals surface area contributed by atoms with Gasteiger partial charge in [-0.3, -0.25) is 28.8 Å². The van der Waals surface area contributed by atoms with Crippen molar-refractivity contribution < 1.29 is 43.4 Å². The van der Waals surface area contributed by atoms with Gasteiger partial charge in [0, 0.05) is 26.1 Å². The number of esters is 1. The second kappa shape index (κ2) is 18.2. The first-order valence-corrected chi connectivity index (χ1v) is 18.9. The van der Waals surface area contributed by atoms with Gasteiger partial charge in [0.1, 0.15) is 48.6 Å². The Morgan fingerprint density at radius 1 is 0.925 bits per heavy atom. The number of benzene rings is 1. The zero-order valence-corrected chi connectivity index (χ0v) is 30.6. The lowest BCUT2D eigenvalue weighted by Crippen LogP contribution is -2.62. The van der Waals surface area contributed by atoms with E-state index in [1.54, 1.807) is 25.1 Å². The van der Waals surface area contributed by atoms with E-state index in [0.29, 0.717) is 63.5 Å². The number of phenols is 1. The van der Waals surface area contributed by atoms with E-state index in [0.717, 1.165) is 12.8 Å². The summed E-state index contributed by atoms with van der Waals surface area (Å²) >= 11 is 0. The van der Waals surface area contributed by atoms with Gasteiger partial charge in [-0.05, 0) is 82.1 Å². The fourth-order valence-corrected chi connectivity index (χ4v) is 7.61. The molecule has 4 aliphatic rings. The van der Waals surface area contributed by atoms with Crippen LogP contribution in [0.1, 0.15) is 83.6 Å². The van der Waals surface area contributed by atoms with Crippen LogP contribution < -0.4 is 16.0 Å². The Kier molecular flexibility index (Phi) is 13.5. The van der Waals surface area contributed by atoms with Gasteiger partial charge < -0.3 is 40.5 Å². The molecule has 4 saturated heterocycles. The Balaban J connectivity index is 1.45. The molecule has 4 fully saturated rings. The molecular formula is C38H52N6O9. The maximum Gasteiger partial charge on any atom is 0.328 e. The van der Waals surface area contributed by atoms with Crippen molar-refractivity contribution in [1.29, 1.82) is 0 Å². The van der Waals surface area contributed by atoms with E-state index in [-0.39, 0.29) is 25.3 Å². The summed E-state index contributed by atoms with van der Waals surface area (Å²) in [7, 11) is 0. The maximum absolute atomic E-state index is 14.4. The van der Waals surface area contributed by atoms with Crippen molar-refractivity contribution in [3.63, 3.8) is 0 Å². The van der Waals surface area contributed by atoms with E-state index in [1.165, 1.54) is 32.9 Å². The van der Waals surface area contributed by atoms with Crippen molar-refractivity contribution in [2.24, 2.45) is 0 Å². The minimum Gasteiger partial charge on any atom is -0.508 e. The molecule has 6 atom stereocenters. The summed E-state index contributed by atoms with van der Waals surface area (Å²) in [6.45, 7) is 3.78. The number of ether oxygens (including phenoxy) is 1. The monoisotopic (exact) mass is 736 g/mol. The van der Waals surface area contributed by atoms with Gasteiger partial charge >= 0.3 is 5.97 Å². The highest BCUT2D eigenvalue weighted by atomic mass is 16.5. The van der Waals surface area contributed by atoms with Gasteiger partial charge in [-0.15, -0.1) is 0 Å². The summed E-state index contributed by atoms with van der Waals surface area (Å²) < 4.78 is 5.67. The molecule has 53 heavy (non-hydrogen) atoms. The van der Waals surface area contributed by atoms with Crippen LogP contribution in [-0.4, -0.2) is 124 Å². The number of nitrogens with zero attached hydrogens (tertiary/aromatic N) is 3. The third kappa shape index (κ3) is 9.73. The number of phenolic OH excluding ortho intramolecular Hbond substituents is 1. The highest BCUT2D eigenvalue weighted by Crippen LogP contribution is 2.27. The molecule has 0 saturated carbocycles. The largest absolute Gasteiger partial charge is 0.508 e. The molecule has 1 aromatic rings. The molecule has 0 aromatic heterocycles. The molecule has 6 amide bonds. The maximum atomic E-state index is 14.4. The minimum atomic E-state index is -1.44. The summed E-state index contributed by atoms with van der Waals surface area (Å²) in [6.07, 6.45) is 9.00. The number of aromatic hydroxyl groups is 1. The molecule has 5 rings (SSSR count). The van der Waals surface area contributed by atoms with Crippen LogP contribution in [0.15, 0.2) is 36.4 Å². The third-order valence-electron chi connectivity index (χ3n) is 10.4. The van der Waals surface area contributed by atoms with Crippen molar-refractivity contribution >= 4 is 41.4 Å². The second-order valence-corrected chi connectivity index (χ2v) is 14.3. The third-order valence-corrected chi connectivity index (χ3v) is 10.4. The summed E-state index contributed by atoms with van der Waals surface area (Å²) in [5, 5.41) is 18.2. The van der Waals surface area contributed by atoms with E-state index < -0.39 is 84.3 Å². The van der Waals surface area contributed by atoms with Crippen molar-refractivity contribution in [3.8, 4) is 5.75 Å². The van der Waals surface area contributed by atoms with Crippen LogP contribution in [0.25, 0.3) is 0 Å². The number of rotatable bonds is 9. The predicted octanol–water partition coefficient (Wildman–Crippen LogP) is 1.08. The molecule has 0 unspecified atom stereocenters. The quantitative estimate of drug-likeness (QED) is 0.163. The molecular weight excluding hydrogens is 684 g/mol. The van der Waals surface area contributed by atoms with Crippen molar-refractivity contribution in [2.45, 2.75) is 121 Å². The number of carbonyl (C=O) groups excluding carboxylic acids is 7. The van der Waals surface area contributed by atoms with Gasteiger partial charge in [0.2, 0.25) is 35.4 Å². The van der Waals surface area contributed by atoms with E-state index >= 15 is 0 Å². The molecule has 0 radical (unpaired) electrons. The van der Waals surface area contributed by atoms with E-state index in [1.807, 2.05) is 6.92 Å². The van der Waals surface area contributed by atoms with Crippen LogP contribution in [0.4, 0.5) is 0 Å². The number of hydrogen-bond acceptors (Lipinski definition) is 9. The predicted molar refractivity (Wildman–Crippen MR) is 192 cm³/mol. The SMILES string of the molecule is CCCCC=CC(=O)N[C@@H](Cc1cccc(O)c1)C(=O)N[C@H]1COC(=O)[C@@H]2CCCN2C(=O)[C@H](C)NC(=O)[C@@H]2CCCCN2C(=O)[C@@H]2CCCN2C1=O. The standard InChI is InChI=1S/C38H52N6O9/c1-3-4-5-6-17-32(46)40-27(22-25-12-9-13-26(45)21-25)33(47)41-28-23-53-38(52)31-16-11-20-44(31)35(49)24(2)39-34(48)29-14-7-8-18-42(29)37(51)30-15-10-19-43(30)36(28)50/h6,9,12-13,17,21,24,27-31,45H,3-5,7-8,10-11,14-16,18-20,22-23H2,1-2H3,(H,39,48)(H,40,46)(H,41,47)/t24-,27-,28-,29-,30-,31-/m0/s1. The van der Waals surface area contributed by atoms with Gasteiger partial charge in [-0.1, -0.05) is 38.0 Å². The van der Waals surface area contributed by atoms with E-state index in [2.05, 4.69) is 16.0 Å². The first-order chi connectivity index (χ1) is 25.5. The first-order valence-electron chi connectivity index (χ1n) is 18.9. The Morgan fingerprint density at radius 3 is 2.34 bits per heavy atom. The molecule has 1 aromatic carbocycles. The van der Waals surface area contributed by atoms with Crippen molar-refractivity contribution in [2.75, 3.05) is 26.2 Å². The highest BCUT2D eigenvalue weighted by molar-refractivity contribution is 5.98. The van der Waals surface area contributed by atoms with Crippen LogP contribution in [-0.2, 0) is 44.7 Å². The lowest BCUT2D eigenvalue weighted by atomic mass is 9.99. The summed E-state index contributed by atoms with van der Waals surface area (Å²) in [5.74, 6) is -4.03. The van der Waals surface area contributed by atoms with Crippen LogP contribution in [0.3, 0.4) is 0 Å². The Morgan fingerprint density at radius 2 is 1.60 bits per heavy atom. The van der Waals surface area contributed by atoms with Crippen molar-refractivity contribution in [1.82, 2.24) is 30.7 Å². The molecule has 288 valence electrons. The number of piperidine rings is 1. The van der Waals surface area contributed by atoms with Crippen molar-refractivity contribution in [3.05, 3.63) is 42.0 Å². The van der Waals surface area contributed by atoms with E-state index in [9.17, 15) is 38.7 Å². The molecule has 15 nitrogen and oxygen atoms in total. The average molecular weight is 737 g/mol. The fraction of sp³-hybridized carbons (Fsp3) is 0.605. The molecule has 0 spiro atoms. The number of nitrogens with one attached hydrogen (secondary N) is 3. The molecule has 0 aliphatic carbocycles. The van der Waals surface area contributed by atoms with Crippen LogP contribution in [0.5, 0.6) is 5.75 Å². The molecule has 15 heteroatoms. The number of unbranched alkanes of at least 4 members (excludes halogenated alkanes) is 2. The van der Waals surface area contributed by atoms with E-state index in [4.69, 9.17) is 4.74 Å². The lowest BCUT2D eigenvalue weighted by molar-refractivity contribution is -0.158. The molecule has 0 bridgehead atoms. The number of allylic oxidation sites excluding steroid dienone is 1. The normalized spacial score (nSPS) is 26.4. The smallest absolute Gasteiger partial charge is 0.328 e. The lowest BCUT2D eigenvalue weighted by Gasteiger charge is -2.39. The molecule has 4 aliphatic heterocycles. The zero-order valence-electron chi connectivity index (χ0n) is 30.6. The number of fused-ring (bicyclic) bond motifs is 3. The Bertz CT molecular complexity index is 1580. The summed E-state index contributed by atoms with van der Waals surface area (Å²) in [4.78, 5) is 100. The number of cyclic esters (lactones) is 1. The number of amides is 6. The van der Waals surface area contributed by atoms with Gasteiger partial charge in [0.25, 0.3) is 0 Å². The topological polar surface area (TPSA) is 195 Å². The Hall–Kier alpha value is -4.95. The number of carbonyl (C=O) groups is 7. The molecule has 4 N–H and O–H groups in total. The average Bonchev–Trinajstić information content (AvgIpc) is 3.84. The minimum absolute atomic E-state index is 0.0286.